The quantitative estimate of drug-likeness (QED) is 0.196. The monoisotopic (exact) mass is 521 g/mol. The summed E-state index contributed by atoms with van der Waals surface area (Å²) in [5.41, 5.74) is 10.6. The number of para-hydroxylation sites is 1. The Morgan fingerprint density at radius 1 is 0.892 bits per heavy atom. The molecule has 0 aliphatic heterocycles. The van der Waals surface area contributed by atoms with E-state index in [9.17, 15) is 19.2 Å². The lowest BCUT2D eigenvalue weighted by molar-refractivity contribution is -0.140. The minimum absolute atomic E-state index is 0.0109. The molecule has 1 aromatic carbocycles. The first-order valence-corrected chi connectivity index (χ1v) is 10.8. The lowest BCUT2D eigenvalue weighted by atomic mass is 10.2. The van der Waals surface area contributed by atoms with Crippen LogP contribution < -0.4 is 11.5 Å². The van der Waals surface area contributed by atoms with Crippen molar-refractivity contribution >= 4 is 34.8 Å². The average Bonchev–Trinajstić information content (AvgIpc) is 3.29. The molecule has 0 amide bonds. The topological polar surface area (TPSA) is 252 Å². The van der Waals surface area contributed by atoms with E-state index in [1.807, 2.05) is 30.5 Å². The van der Waals surface area contributed by atoms with Crippen molar-refractivity contribution in [3.63, 3.8) is 0 Å². The Labute approximate surface area is 211 Å². The van der Waals surface area contributed by atoms with Gasteiger partial charge in [0, 0.05) is 36.9 Å². The van der Waals surface area contributed by atoms with Crippen LogP contribution in [0.4, 0.5) is 0 Å². The van der Waals surface area contributed by atoms with Crippen LogP contribution in [0.3, 0.4) is 0 Å². The van der Waals surface area contributed by atoms with E-state index in [0.29, 0.717) is 12.4 Å². The number of hydrogen-bond donors (Lipinski definition) is 7. The molecule has 1 atom stereocenters. The van der Waals surface area contributed by atoms with Crippen molar-refractivity contribution in [2.45, 2.75) is 31.8 Å². The molecule has 14 heteroatoms. The Balaban J connectivity index is 0.000000484. The van der Waals surface area contributed by atoms with Gasteiger partial charge in [0.15, 0.2) is 0 Å². The van der Waals surface area contributed by atoms with Crippen molar-refractivity contribution in [1.29, 1.82) is 0 Å². The number of aliphatic hydroxyl groups excluding tert-OH is 1. The summed E-state index contributed by atoms with van der Waals surface area (Å²) in [6.07, 6.45) is 4.65. The maximum Gasteiger partial charge on any atom is 0.320 e. The van der Waals surface area contributed by atoms with Gasteiger partial charge in [-0.15, -0.1) is 0 Å². The molecular weight excluding hydrogens is 490 g/mol. The zero-order chi connectivity index (χ0) is 28.2. The summed E-state index contributed by atoms with van der Waals surface area (Å²) in [6.45, 7) is 0.103. The molecule has 0 aliphatic carbocycles. The smallest absolute Gasteiger partial charge is 0.320 e. The summed E-state index contributed by atoms with van der Waals surface area (Å²) in [7, 11) is 0. The maximum absolute atomic E-state index is 10.3. The first-order chi connectivity index (χ1) is 17.5. The van der Waals surface area contributed by atoms with Gasteiger partial charge in [-0.05, 0) is 18.6 Å². The molecule has 3 aromatic rings. The molecule has 0 fully saturated rings. The third kappa shape index (κ3) is 16.0. The molecular formula is C23H31N5O9. The number of aliphatic carboxylic acids is 4. The van der Waals surface area contributed by atoms with Gasteiger partial charge in [-0.25, -0.2) is 4.98 Å². The molecule has 0 saturated heterocycles. The van der Waals surface area contributed by atoms with Crippen LogP contribution in [0.1, 0.15) is 18.7 Å². The minimum Gasteiger partial charge on any atom is -0.481 e. The van der Waals surface area contributed by atoms with Crippen molar-refractivity contribution < 1.29 is 44.7 Å². The van der Waals surface area contributed by atoms with E-state index >= 15 is 0 Å². The van der Waals surface area contributed by atoms with Gasteiger partial charge in [0.1, 0.15) is 18.3 Å². The number of benzene rings is 1. The summed E-state index contributed by atoms with van der Waals surface area (Å²) in [5, 5.41) is 42.1. The predicted octanol–water partition coefficient (Wildman–Crippen LogP) is 0.0301. The Hall–Kier alpha value is -4.40. The number of rotatable bonds is 9. The summed E-state index contributed by atoms with van der Waals surface area (Å²) in [5.74, 6) is -3.61. The van der Waals surface area contributed by atoms with Crippen LogP contribution in [0.25, 0.3) is 10.9 Å². The number of hydrogen-bond acceptors (Lipinski definition) is 9. The Morgan fingerprint density at radius 3 is 2.03 bits per heavy atom. The van der Waals surface area contributed by atoms with Crippen molar-refractivity contribution in [2.24, 2.45) is 11.5 Å². The SMILES string of the molecule is NC(CCC(=O)O)C(=O)O.NCC(=O)O.O=C(O)Cc1nccn1CCO.c1ccc2ncccc2c1. The van der Waals surface area contributed by atoms with Gasteiger partial charge in [-0.1, -0.05) is 24.3 Å². The van der Waals surface area contributed by atoms with E-state index in [-0.39, 0.29) is 32.4 Å². The fourth-order valence-electron chi connectivity index (χ4n) is 2.37. The zero-order valence-electron chi connectivity index (χ0n) is 19.9. The van der Waals surface area contributed by atoms with Crippen molar-refractivity contribution in [3.8, 4) is 0 Å². The number of imidazole rings is 1. The highest BCUT2D eigenvalue weighted by atomic mass is 16.4. The molecule has 3 rings (SSSR count). The van der Waals surface area contributed by atoms with Gasteiger partial charge < -0.3 is 41.6 Å². The molecule has 0 bridgehead atoms. The van der Waals surface area contributed by atoms with Gasteiger partial charge in [-0.2, -0.15) is 0 Å². The number of aliphatic hydroxyl groups is 1. The highest BCUT2D eigenvalue weighted by molar-refractivity contribution is 5.77. The second-order valence-corrected chi connectivity index (χ2v) is 7.00. The van der Waals surface area contributed by atoms with Crippen LogP contribution in [0.5, 0.6) is 0 Å². The van der Waals surface area contributed by atoms with E-state index in [1.54, 1.807) is 10.8 Å². The number of aromatic nitrogens is 3. The van der Waals surface area contributed by atoms with Gasteiger partial charge >= 0.3 is 23.9 Å². The predicted molar refractivity (Wildman–Crippen MR) is 132 cm³/mol. The highest BCUT2D eigenvalue weighted by Gasteiger charge is 2.12. The standard InChI is InChI=1S/C9H7N.C7H10N2O3.C5H9NO4.C2H5NO2/c1-2-6-9-8(4-1)5-3-7-10-9;10-4-3-9-2-1-8-6(9)5-7(11)12;6-3(5(9)10)1-2-4(7)8;3-1-2(4)5/h1-7H;1-2,10H,3-5H2,(H,11,12);3H,1-2,6H2,(H,7,8)(H,9,10);1,3H2,(H,4,5). The number of carboxylic acid groups (broad SMARTS) is 4. The van der Waals surface area contributed by atoms with E-state index in [4.69, 9.17) is 31.3 Å². The van der Waals surface area contributed by atoms with Crippen LogP contribution in [0.15, 0.2) is 55.0 Å². The Morgan fingerprint density at radius 2 is 1.51 bits per heavy atom. The molecule has 0 saturated carbocycles. The van der Waals surface area contributed by atoms with Gasteiger partial charge in [-0.3, -0.25) is 24.2 Å². The zero-order valence-corrected chi connectivity index (χ0v) is 19.9. The van der Waals surface area contributed by atoms with Crippen molar-refractivity contribution in [3.05, 3.63) is 60.8 Å². The van der Waals surface area contributed by atoms with Crippen LogP contribution in [-0.4, -0.2) is 83.1 Å². The lowest BCUT2D eigenvalue weighted by Gasteiger charge is -2.02. The van der Waals surface area contributed by atoms with Crippen LogP contribution in [-0.2, 0) is 32.1 Å². The first kappa shape index (κ1) is 32.6. The van der Waals surface area contributed by atoms with Gasteiger partial charge in [0.2, 0.25) is 0 Å². The third-order valence-corrected chi connectivity index (χ3v) is 4.13. The van der Waals surface area contributed by atoms with Gasteiger partial charge in [0.05, 0.1) is 18.7 Å². The van der Waals surface area contributed by atoms with Crippen LogP contribution in [0.2, 0.25) is 0 Å². The molecule has 37 heavy (non-hydrogen) atoms. The van der Waals surface area contributed by atoms with Gasteiger partial charge in [0.25, 0.3) is 0 Å². The maximum atomic E-state index is 10.3. The van der Waals surface area contributed by atoms with E-state index in [0.717, 1.165) is 5.52 Å². The molecule has 2 aromatic heterocycles. The van der Waals surface area contributed by atoms with Crippen molar-refractivity contribution in [2.75, 3.05) is 13.2 Å². The summed E-state index contributed by atoms with van der Waals surface area (Å²) < 4.78 is 1.62. The molecule has 2 heterocycles. The second-order valence-electron chi connectivity index (χ2n) is 7.00. The summed E-state index contributed by atoms with van der Waals surface area (Å²) >= 11 is 0. The summed E-state index contributed by atoms with van der Waals surface area (Å²) in [6, 6.07) is 11.0. The molecule has 14 nitrogen and oxygen atoms in total. The molecule has 1 unspecified atom stereocenters. The molecule has 202 valence electrons. The largest absolute Gasteiger partial charge is 0.481 e. The fraction of sp³-hybridized carbons (Fsp3) is 0.304. The molecule has 0 radical (unpaired) electrons. The number of carbonyl (C=O) groups is 4. The molecule has 9 N–H and O–H groups in total. The first-order valence-electron chi connectivity index (χ1n) is 10.8. The Kier molecular flexibility index (Phi) is 16.6. The number of nitrogens with zero attached hydrogens (tertiary/aromatic N) is 3. The normalized spacial score (nSPS) is 10.4. The van der Waals surface area contributed by atoms with Crippen LogP contribution in [0, 0.1) is 0 Å². The Bertz CT molecular complexity index is 1060. The summed E-state index contributed by atoms with van der Waals surface area (Å²) in [4.78, 5) is 47.4. The van der Waals surface area contributed by atoms with Crippen molar-refractivity contribution in [1.82, 2.24) is 14.5 Å². The van der Waals surface area contributed by atoms with E-state index in [2.05, 4.69) is 27.8 Å². The average molecular weight is 522 g/mol. The number of carboxylic acids is 4. The number of nitrogens with two attached hydrogens (primary N) is 2. The number of fused-ring (bicyclic) bond motifs is 1. The molecule has 0 aliphatic rings. The number of pyridine rings is 1. The lowest BCUT2D eigenvalue weighted by Crippen LogP contribution is -2.30. The minimum atomic E-state index is -1.17. The van der Waals surface area contributed by atoms with Crippen LogP contribution >= 0.6 is 0 Å². The van der Waals surface area contributed by atoms with E-state index < -0.39 is 29.9 Å². The molecule has 0 spiro atoms. The second kappa shape index (κ2) is 18.9. The highest BCUT2D eigenvalue weighted by Crippen LogP contribution is 2.08. The fourth-order valence-corrected chi connectivity index (χ4v) is 2.37. The third-order valence-electron chi connectivity index (χ3n) is 4.13. The van der Waals surface area contributed by atoms with E-state index in [1.165, 1.54) is 11.6 Å².